The van der Waals surface area contributed by atoms with Crippen LogP contribution in [0.15, 0.2) is 10.5 Å². The van der Waals surface area contributed by atoms with E-state index in [1.165, 1.54) is 7.11 Å². The van der Waals surface area contributed by atoms with Gasteiger partial charge in [-0.25, -0.2) is 4.79 Å². The van der Waals surface area contributed by atoms with Crippen LogP contribution in [0.1, 0.15) is 43.4 Å². The van der Waals surface area contributed by atoms with Crippen molar-refractivity contribution in [2.75, 3.05) is 20.2 Å². The standard InChI is InChI=1S/C17H26N2O4/c1-10-9-19(7-6-14(10)16(20)22-5)17(21)18-12(3)15-8-11(2)23-13(15)4/h8,10,12,14H,6-7,9H2,1-5H3,(H,18,21). The number of carbonyl (C=O) groups excluding carboxylic acids is 2. The molecule has 0 spiro atoms. The van der Waals surface area contributed by atoms with Crippen LogP contribution < -0.4 is 5.32 Å². The first-order chi connectivity index (χ1) is 10.8. The number of nitrogens with zero attached hydrogens (tertiary/aromatic N) is 1. The topological polar surface area (TPSA) is 71.8 Å². The first-order valence-corrected chi connectivity index (χ1v) is 8.03. The Balaban J connectivity index is 1.94. The van der Waals surface area contributed by atoms with E-state index < -0.39 is 0 Å². The van der Waals surface area contributed by atoms with Crippen LogP contribution in [-0.4, -0.2) is 37.1 Å². The van der Waals surface area contributed by atoms with Gasteiger partial charge in [0.05, 0.1) is 19.1 Å². The molecule has 2 amide bonds. The van der Waals surface area contributed by atoms with E-state index in [0.717, 1.165) is 17.1 Å². The number of esters is 1. The molecule has 23 heavy (non-hydrogen) atoms. The summed E-state index contributed by atoms with van der Waals surface area (Å²) >= 11 is 0. The quantitative estimate of drug-likeness (QED) is 0.869. The van der Waals surface area contributed by atoms with Crippen molar-refractivity contribution in [1.29, 1.82) is 0 Å². The zero-order valence-corrected chi connectivity index (χ0v) is 14.5. The normalized spacial score (nSPS) is 22.6. The van der Waals surface area contributed by atoms with Gasteiger partial charge < -0.3 is 19.4 Å². The molecule has 128 valence electrons. The lowest BCUT2D eigenvalue weighted by molar-refractivity contribution is -0.148. The van der Waals surface area contributed by atoms with E-state index in [0.29, 0.717) is 19.5 Å². The highest BCUT2D eigenvalue weighted by atomic mass is 16.5. The maximum absolute atomic E-state index is 12.5. The monoisotopic (exact) mass is 322 g/mol. The smallest absolute Gasteiger partial charge is 0.317 e. The predicted molar refractivity (Wildman–Crippen MR) is 86.0 cm³/mol. The summed E-state index contributed by atoms with van der Waals surface area (Å²) in [7, 11) is 1.41. The summed E-state index contributed by atoms with van der Waals surface area (Å²) in [6.45, 7) is 8.83. The molecule has 1 saturated heterocycles. The number of likely N-dealkylation sites (tertiary alicyclic amines) is 1. The molecule has 1 aromatic heterocycles. The fourth-order valence-corrected chi connectivity index (χ4v) is 3.27. The van der Waals surface area contributed by atoms with Crippen LogP contribution in [0.5, 0.6) is 0 Å². The molecule has 1 aliphatic rings. The number of amides is 2. The van der Waals surface area contributed by atoms with Gasteiger partial charge in [-0.1, -0.05) is 6.92 Å². The van der Waals surface area contributed by atoms with Crippen LogP contribution in [0.2, 0.25) is 0 Å². The molecule has 1 aliphatic heterocycles. The fourth-order valence-electron chi connectivity index (χ4n) is 3.27. The summed E-state index contributed by atoms with van der Waals surface area (Å²) in [5.74, 6) is 1.45. The Morgan fingerprint density at radius 3 is 2.65 bits per heavy atom. The van der Waals surface area contributed by atoms with Crippen LogP contribution in [0.3, 0.4) is 0 Å². The molecular weight excluding hydrogens is 296 g/mol. The van der Waals surface area contributed by atoms with Gasteiger partial charge in [-0.3, -0.25) is 4.79 Å². The molecule has 0 bridgehead atoms. The molecule has 1 N–H and O–H groups in total. The van der Waals surface area contributed by atoms with Gasteiger partial charge in [0.1, 0.15) is 11.5 Å². The number of hydrogen-bond acceptors (Lipinski definition) is 4. The molecule has 6 nitrogen and oxygen atoms in total. The van der Waals surface area contributed by atoms with Gasteiger partial charge in [0.2, 0.25) is 0 Å². The van der Waals surface area contributed by atoms with Crippen molar-refractivity contribution >= 4 is 12.0 Å². The van der Waals surface area contributed by atoms with Crippen molar-refractivity contribution in [2.45, 2.75) is 40.2 Å². The number of methoxy groups -OCH3 is 1. The molecule has 0 aromatic carbocycles. The van der Waals surface area contributed by atoms with Crippen LogP contribution in [0.25, 0.3) is 0 Å². The van der Waals surface area contributed by atoms with Crippen LogP contribution in [0, 0.1) is 25.7 Å². The molecule has 0 radical (unpaired) electrons. The lowest BCUT2D eigenvalue weighted by Crippen LogP contribution is -2.49. The zero-order chi connectivity index (χ0) is 17.1. The minimum atomic E-state index is -0.185. The summed E-state index contributed by atoms with van der Waals surface area (Å²) in [6, 6.07) is 1.73. The van der Waals surface area contributed by atoms with Gasteiger partial charge in [0, 0.05) is 18.7 Å². The first-order valence-electron chi connectivity index (χ1n) is 8.03. The van der Waals surface area contributed by atoms with Crippen molar-refractivity contribution in [2.24, 2.45) is 11.8 Å². The second-order valence-corrected chi connectivity index (χ2v) is 6.38. The Morgan fingerprint density at radius 2 is 2.13 bits per heavy atom. The van der Waals surface area contributed by atoms with E-state index in [1.807, 2.05) is 33.8 Å². The molecule has 6 heteroatoms. The molecule has 3 atom stereocenters. The summed E-state index contributed by atoms with van der Waals surface area (Å²) in [5.41, 5.74) is 0.994. The molecule has 1 aromatic rings. The first kappa shape index (κ1) is 17.4. The minimum Gasteiger partial charge on any atom is -0.469 e. The number of hydrogen-bond donors (Lipinski definition) is 1. The molecule has 0 saturated carbocycles. The third kappa shape index (κ3) is 3.86. The van der Waals surface area contributed by atoms with Crippen molar-refractivity contribution in [3.05, 3.63) is 23.2 Å². The summed E-state index contributed by atoms with van der Waals surface area (Å²) < 4.78 is 10.3. The number of furan rings is 1. The molecule has 2 heterocycles. The van der Waals surface area contributed by atoms with Crippen molar-refractivity contribution in [3.8, 4) is 0 Å². The number of piperidine rings is 1. The highest BCUT2D eigenvalue weighted by Crippen LogP contribution is 2.25. The number of nitrogens with one attached hydrogen (secondary N) is 1. The van der Waals surface area contributed by atoms with E-state index in [2.05, 4.69) is 5.32 Å². The zero-order valence-electron chi connectivity index (χ0n) is 14.5. The Morgan fingerprint density at radius 1 is 1.43 bits per heavy atom. The summed E-state index contributed by atoms with van der Waals surface area (Å²) in [4.78, 5) is 25.9. The molecule has 3 unspecified atom stereocenters. The van der Waals surface area contributed by atoms with Crippen molar-refractivity contribution in [3.63, 3.8) is 0 Å². The maximum atomic E-state index is 12.5. The average molecular weight is 322 g/mol. The lowest BCUT2D eigenvalue weighted by atomic mass is 9.87. The Labute approximate surface area is 137 Å². The van der Waals surface area contributed by atoms with E-state index in [4.69, 9.17) is 9.15 Å². The van der Waals surface area contributed by atoms with Gasteiger partial charge >= 0.3 is 12.0 Å². The Bertz CT molecular complexity index is 581. The number of urea groups is 1. The van der Waals surface area contributed by atoms with E-state index in [1.54, 1.807) is 4.90 Å². The number of rotatable bonds is 3. The largest absolute Gasteiger partial charge is 0.469 e. The third-order valence-corrected chi connectivity index (χ3v) is 4.58. The van der Waals surface area contributed by atoms with Gasteiger partial charge in [0.15, 0.2) is 0 Å². The molecule has 1 fully saturated rings. The SMILES string of the molecule is COC(=O)C1CCN(C(=O)NC(C)c2cc(C)oc2C)CC1C. The predicted octanol–water partition coefficient (Wildman–Crippen LogP) is 2.80. The maximum Gasteiger partial charge on any atom is 0.317 e. The van der Waals surface area contributed by atoms with Gasteiger partial charge in [0.25, 0.3) is 0 Å². The van der Waals surface area contributed by atoms with E-state index >= 15 is 0 Å². The van der Waals surface area contributed by atoms with Gasteiger partial charge in [-0.05, 0) is 39.2 Å². The second-order valence-electron chi connectivity index (χ2n) is 6.38. The molecular formula is C17H26N2O4. The van der Waals surface area contributed by atoms with Gasteiger partial charge in [-0.15, -0.1) is 0 Å². The number of aryl methyl sites for hydroxylation is 2. The minimum absolute atomic E-state index is 0.0927. The highest BCUT2D eigenvalue weighted by molar-refractivity contribution is 5.76. The van der Waals surface area contributed by atoms with Crippen LogP contribution in [0.4, 0.5) is 4.79 Å². The Kier molecular flexibility index (Phi) is 5.34. The number of ether oxygens (including phenoxy) is 1. The number of carbonyl (C=O) groups is 2. The fraction of sp³-hybridized carbons (Fsp3) is 0.647. The van der Waals surface area contributed by atoms with Crippen LogP contribution in [-0.2, 0) is 9.53 Å². The summed E-state index contributed by atoms with van der Waals surface area (Å²) in [6.07, 6.45) is 0.638. The van der Waals surface area contributed by atoms with E-state index in [9.17, 15) is 9.59 Å². The van der Waals surface area contributed by atoms with Crippen LogP contribution >= 0.6 is 0 Å². The highest BCUT2D eigenvalue weighted by Gasteiger charge is 2.34. The molecule has 2 rings (SSSR count). The van der Waals surface area contributed by atoms with Gasteiger partial charge in [-0.2, -0.15) is 0 Å². The van der Waals surface area contributed by atoms with Crippen molar-refractivity contribution in [1.82, 2.24) is 10.2 Å². The lowest BCUT2D eigenvalue weighted by Gasteiger charge is -2.36. The Hall–Kier alpha value is -1.98. The third-order valence-electron chi connectivity index (χ3n) is 4.58. The average Bonchev–Trinajstić information content (AvgIpc) is 2.85. The van der Waals surface area contributed by atoms with E-state index in [-0.39, 0.29) is 29.9 Å². The van der Waals surface area contributed by atoms with Crippen molar-refractivity contribution < 1.29 is 18.7 Å². The second kappa shape index (κ2) is 7.06. The molecule has 0 aliphatic carbocycles. The summed E-state index contributed by atoms with van der Waals surface area (Å²) in [5, 5.41) is 3.01.